The Kier molecular flexibility index (Phi) is 5.66. The molecule has 0 saturated heterocycles. The average Bonchev–Trinajstić information content (AvgIpc) is 3.23. The molecule has 2 heterocycles. The molecule has 1 aliphatic heterocycles. The summed E-state index contributed by atoms with van der Waals surface area (Å²) in [6.07, 6.45) is 7.54. The molecule has 0 fully saturated rings. The Morgan fingerprint density at radius 2 is 1.90 bits per heavy atom. The van der Waals surface area contributed by atoms with Gasteiger partial charge in [0.2, 0.25) is 0 Å². The SMILES string of the molecule is CCc1ccccc1NC(=O)c1cnn2c1NC(C(=O)O)=CC2C=Cc1ccccc1. The highest BCUT2D eigenvalue weighted by Crippen LogP contribution is 2.30. The zero-order chi connectivity index (χ0) is 21.8. The quantitative estimate of drug-likeness (QED) is 0.557. The van der Waals surface area contributed by atoms with Crippen LogP contribution in [0.25, 0.3) is 6.08 Å². The van der Waals surface area contributed by atoms with Crippen molar-refractivity contribution in [3.05, 3.63) is 95.3 Å². The molecule has 3 aromatic rings. The van der Waals surface area contributed by atoms with Crippen molar-refractivity contribution in [2.45, 2.75) is 19.4 Å². The highest BCUT2D eigenvalue weighted by atomic mass is 16.4. The van der Waals surface area contributed by atoms with Gasteiger partial charge in [0.05, 0.1) is 12.2 Å². The highest BCUT2D eigenvalue weighted by Gasteiger charge is 2.27. The van der Waals surface area contributed by atoms with Gasteiger partial charge in [-0.2, -0.15) is 5.10 Å². The summed E-state index contributed by atoms with van der Waals surface area (Å²) in [4.78, 5) is 24.7. The van der Waals surface area contributed by atoms with Gasteiger partial charge in [-0.3, -0.25) is 4.79 Å². The monoisotopic (exact) mass is 414 g/mol. The van der Waals surface area contributed by atoms with Crippen LogP contribution in [-0.4, -0.2) is 26.8 Å². The van der Waals surface area contributed by atoms with Crippen LogP contribution in [0.2, 0.25) is 0 Å². The zero-order valence-electron chi connectivity index (χ0n) is 16.9. The lowest BCUT2D eigenvalue weighted by Gasteiger charge is -2.22. The van der Waals surface area contributed by atoms with Gasteiger partial charge in [-0.05, 0) is 29.7 Å². The fraction of sp³-hybridized carbons (Fsp3) is 0.125. The number of aromatic nitrogens is 2. The van der Waals surface area contributed by atoms with Crippen molar-refractivity contribution in [2.75, 3.05) is 10.6 Å². The first-order valence-electron chi connectivity index (χ1n) is 9.99. The maximum absolute atomic E-state index is 13.0. The summed E-state index contributed by atoms with van der Waals surface area (Å²) < 4.78 is 1.60. The van der Waals surface area contributed by atoms with E-state index in [1.54, 1.807) is 10.8 Å². The number of anilines is 2. The summed E-state index contributed by atoms with van der Waals surface area (Å²) in [6, 6.07) is 16.8. The van der Waals surface area contributed by atoms with E-state index >= 15 is 0 Å². The lowest BCUT2D eigenvalue weighted by molar-refractivity contribution is -0.132. The molecular formula is C24H22N4O3. The fourth-order valence-corrected chi connectivity index (χ4v) is 3.47. The molecule has 4 rings (SSSR count). The van der Waals surface area contributed by atoms with E-state index in [4.69, 9.17) is 0 Å². The third-order valence-corrected chi connectivity index (χ3v) is 5.08. The molecule has 156 valence electrons. The normalized spacial score (nSPS) is 15.1. The van der Waals surface area contributed by atoms with Crippen molar-refractivity contribution < 1.29 is 14.7 Å². The minimum absolute atomic E-state index is 0.00119. The van der Waals surface area contributed by atoms with Crippen molar-refractivity contribution in [3.63, 3.8) is 0 Å². The van der Waals surface area contributed by atoms with Crippen LogP contribution < -0.4 is 10.6 Å². The molecule has 2 aromatic carbocycles. The number of allylic oxidation sites excluding steroid dienone is 2. The van der Waals surface area contributed by atoms with Crippen LogP contribution >= 0.6 is 0 Å². The number of aliphatic carboxylic acids is 1. The number of benzene rings is 2. The molecule has 7 heteroatoms. The molecule has 1 amide bonds. The van der Waals surface area contributed by atoms with Crippen LogP contribution in [0.15, 0.2) is 78.6 Å². The summed E-state index contributed by atoms with van der Waals surface area (Å²) in [7, 11) is 0. The number of carboxylic acid groups (broad SMARTS) is 1. The van der Waals surface area contributed by atoms with Crippen molar-refractivity contribution in [1.29, 1.82) is 0 Å². The molecule has 1 aromatic heterocycles. The molecule has 1 unspecified atom stereocenters. The number of carbonyl (C=O) groups excluding carboxylic acids is 1. The van der Waals surface area contributed by atoms with E-state index in [2.05, 4.69) is 15.7 Å². The Hall–Kier alpha value is -4.13. The average molecular weight is 414 g/mol. The smallest absolute Gasteiger partial charge is 0.352 e. The second-order valence-electron chi connectivity index (χ2n) is 7.09. The number of hydrogen-bond acceptors (Lipinski definition) is 4. The lowest BCUT2D eigenvalue weighted by Crippen LogP contribution is -2.24. The number of para-hydroxylation sites is 1. The molecule has 7 nitrogen and oxygen atoms in total. The Labute approximate surface area is 179 Å². The maximum atomic E-state index is 13.0. The molecule has 0 bridgehead atoms. The number of rotatable bonds is 6. The molecule has 0 aliphatic carbocycles. The van der Waals surface area contributed by atoms with Gasteiger partial charge < -0.3 is 15.7 Å². The first-order valence-corrected chi connectivity index (χ1v) is 9.99. The predicted octanol–water partition coefficient (Wildman–Crippen LogP) is 4.35. The van der Waals surface area contributed by atoms with Crippen molar-refractivity contribution in [2.24, 2.45) is 0 Å². The molecule has 0 radical (unpaired) electrons. The number of carboxylic acids is 1. The largest absolute Gasteiger partial charge is 0.477 e. The fourth-order valence-electron chi connectivity index (χ4n) is 3.47. The summed E-state index contributed by atoms with van der Waals surface area (Å²) >= 11 is 0. The third kappa shape index (κ3) is 4.25. The maximum Gasteiger partial charge on any atom is 0.352 e. The van der Waals surface area contributed by atoms with Crippen LogP contribution in [0.4, 0.5) is 11.5 Å². The van der Waals surface area contributed by atoms with Crippen molar-refractivity contribution in [3.8, 4) is 0 Å². The Morgan fingerprint density at radius 1 is 1.16 bits per heavy atom. The van der Waals surface area contributed by atoms with Gasteiger partial charge in [0, 0.05) is 5.69 Å². The molecule has 3 N–H and O–H groups in total. The molecule has 0 spiro atoms. The minimum atomic E-state index is -1.10. The summed E-state index contributed by atoms with van der Waals surface area (Å²) in [5.41, 5.74) is 2.99. The van der Waals surface area contributed by atoms with E-state index in [0.29, 0.717) is 5.82 Å². The number of amides is 1. The number of nitrogens with zero attached hydrogens (tertiary/aromatic N) is 2. The third-order valence-electron chi connectivity index (χ3n) is 5.08. The van der Waals surface area contributed by atoms with Gasteiger partial charge in [-0.25, -0.2) is 9.48 Å². The van der Waals surface area contributed by atoms with Gasteiger partial charge >= 0.3 is 5.97 Å². The van der Waals surface area contributed by atoms with E-state index in [1.165, 1.54) is 6.20 Å². The summed E-state index contributed by atoms with van der Waals surface area (Å²) in [6.45, 7) is 2.02. The second-order valence-corrected chi connectivity index (χ2v) is 7.09. The van der Waals surface area contributed by atoms with Gasteiger partial charge in [-0.15, -0.1) is 0 Å². The predicted molar refractivity (Wildman–Crippen MR) is 120 cm³/mol. The standard InChI is InChI=1S/C24H22N4O3/c1-2-17-10-6-7-11-20(17)27-23(29)19-15-25-28-18(13-12-16-8-4-3-5-9-16)14-21(24(30)31)26-22(19)28/h3-15,18,26H,2H2,1H3,(H,27,29)(H,30,31). The highest BCUT2D eigenvalue weighted by molar-refractivity contribution is 6.08. The molecular weight excluding hydrogens is 392 g/mol. The van der Waals surface area contributed by atoms with Gasteiger partial charge in [0.25, 0.3) is 5.91 Å². The van der Waals surface area contributed by atoms with Crippen LogP contribution in [0.5, 0.6) is 0 Å². The first kappa shape index (κ1) is 20.2. The lowest BCUT2D eigenvalue weighted by atomic mass is 10.1. The van der Waals surface area contributed by atoms with E-state index in [0.717, 1.165) is 23.2 Å². The van der Waals surface area contributed by atoms with Gasteiger partial charge in [0.15, 0.2) is 0 Å². The molecule has 1 aliphatic rings. The number of fused-ring (bicyclic) bond motifs is 1. The van der Waals surface area contributed by atoms with Crippen LogP contribution in [0.1, 0.15) is 34.5 Å². The van der Waals surface area contributed by atoms with E-state index in [-0.39, 0.29) is 17.2 Å². The van der Waals surface area contributed by atoms with Crippen LogP contribution in [-0.2, 0) is 11.2 Å². The Morgan fingerprint density at radius 3 is 2.65 bits per heavy atom. The van der Waals surface area contributed by atoms with E-state index in [9.17, 15) is 14.7 Å². The van der Waals surface area contributed by atoms with Gasteiger partial charge in [0.1, 0.15) is 17.1 Å². The van der Waals surface area contributed by atoms with Gasteiger partial charge in [-0.1, -0.05) is 67.6 Å². The van der Waals surface area contributed by atoms with Crippen LogP contribution in [0.3, 0.4) is 0 Å². The first-order chi connectivity index (χ1) is 15.1. The van der Waals surface area contributed by atoms with Crippen LogP contribution in [0, 0.1) is 0 Å². The topological polar surface area (TPSA) is 96.3 Å². The Balaban J connectivity index is 1.66. The molecule has 0 saturated carbocycles. The molecule has 1 atom stereocenters. The second kappa shape index (κ2) is 8.71. The van der Waals surface area contributed by atoms with E-state index in [1.807, 2.05) is 73.7 Å². The summed E-state index contributed by atoms with van der Waals surface area (Å²) in [5.74, 6) is -1.12. The number of aryl methyl sites for hydroxylation is 1. The number of hydrogen-bond donors (Lipinski definition) is 3. The van der Waals surface area contributed by atoms with E-state index < -0.39 is 12.0 Å². The molecule has 31 heavy (non-hydrogen) atoms. The van der Waals surface area contributed by atoms with Crippen molar-refractivity contribution in [1.82, 2.24) is 9.78 Å². The number of nitrogens with one attached hydrogen (secondary N) is 2. The van der Waals surface area contributed by atoms with Crippen molar-refractivity contribution >= 4 is 29.5 Å². The minimum Gasteiger partial charge on any atom is -0.477 e. The Bertz CT molecular complexity index is 1180. The summed E-state index contributed by atoms with van der Waals surface area (Å²) in [5, 5.41) is 19.7. The zero-order valence-corrected chi connectivity index (χ0v) is 16.9. The number of carbonyl (C=O) groups is 2.